The second-order valence-corrected chi connectivity index (χ2v) is 4.58. The number of piperidine rings is 1. The zero-order valence-electron chi connectivity index (χ0n) is 11.0. The summed E-state index contributed by atoms with van der Waals surface area (Å²) in [5.74, 6) is -1.50. The summed E-state index contributed by atoms with van der Waals surface area (Å²) in [5, 5.41) is 0. The number of aromatic amines is 1. The fraction of sp³-hybridized carbons (Fsp3) is 0.417. The smallest absolute Gasteiger partial charge is 0.313 e. The van der Waals surface area contributed by atoms with Gasteiger partial charge in [-0.25, -0.2) is 9.36 Å². The Bertz CT molecular complexity index is 715. The van der Waals surface area contributed by atoms with E-state index in [2.05, 4.69) is 4.98 Å². The minimum absolute atomic E-state index is 0.0586. The molecule has 1 aliphatic heterocycles. The molecule has 20 heavy (non-hydrogen) atoms. The van der Waals surface area contributed by atoms with E-state index in [1.807, 2.05) is 0 Å². The number of carbonyl (C=O) groups excluding carboxylic acids is 3. The number of likely N-dealkylation sites (N-methyl/N-ethyl adjacent to an activating group) is 1. The topological polar surface area (TPSA) is 109 Å². The molecule has 1 aliphatic rings. The van der Waals surface area contributed by atoms with Crippen molar-refractivity contribution >= 4 is 17.6 Å². The van der Waals surface area contributed by atoms with Crippen LogP contribution in [-0.4, -0.2) is 39.1 Å². The Hall–Kier alpha value is -2.51. The Balaban J connectivity index is 2.59. The first-order valence-electron chi connectivity index (χ1n) is 6.00. The predicted molar refractivity (Wildman–Crippen MR) is 67.4 cm³/mol. The maximum atomic E-state index is 12.1. The fourth-order valence-electron chi connectivity index (χ4n) is 2.16. The number of aromatic nitrogens is 2. The van der Waals surface area contributed by atoms with Crippen molar-refractivity contribution in [3.63, 3.8) is 0 Å². The molecule has 2 amide bonds. The Labute approximate surface area is 113 Å². The molecule has 106 valence electrons. The molecular weight excluding hydrogens is 266 g/mol. The standard InChI is InChI=1S/C12H13N3O5/c1-6(16)7-5-13-12(20)15(10(7)18)8-3-4-9(17)14(2)11(8)19/h5,8H,3-4H2,1-2H3,(H,13,20). The van der Waals surface area contributed by atoms with E-state index in [-0.39, 0.29) is 24.3 Å². The van der Waals surface area contributed by atoms with Gasteiger partial charge in [-0.2, -0.15) is 0 Å². The summed E-state index contributed by atoms with van der Waals surface area (Å²) < 4.78 is 0.710. The SMILES string of the molecule is CC(=O)c1c[nH]c(=O)n(C2CCC(=O)N(C)C2=O)c1=O. The number of nitrogens with zero attached hydrogens (tertiary/aromatic N) is 2. The molecule has 1 fully saturated rings. The fourth-order valence-corrected chi connectivity index (χ4v) is 2.16. The Morgan fingerprint density at radius 2 is 1.95 bits per heavy atom. The second-order valence-electron chi connectivity index (χ2n) is 4.58. The van der Waals surface area contributed by atoms with E-state index in [9.17, 15) is 24.0 Å². The van der Waals surface area contributed by atoms with Crippen molar-refractivity contribution in [1.82, 2.24) is 14.5 Å². The molecule has 2 heterocycles. The van der Waals surface area contributed by atoms with Gasteiger partial charge in [0.15, 0.2) is 5.78 Å². The van der Waals surface area contributed by atoms with Crippen LogP contribution in [0.4, 0.5) is 0 Å². The van der Waals surface area contributed by atoms with Gasteiger partial charge in [0.25, 0.3) is 11.5 Å². The molecule has 0 aliphatic carbocycles. The number of carbonyl (C=O) groups is 3. The highest BCUT2D eigenvalue weighted by molar-refractivity contribution is 5.99. The van der Waals surface area contributed by atoms with Gasteiger partial charge in [0.1, 0.15) is 6.04 Å². The summed E-state index contributed by atoms with van der Waals surface area (Å²) in [6.45, 7) is 1.19. The van der Waals surface area contributed by atoms with Crippen molar-refractivity contribution in [1.29, 1.82) is 0 Å². The van der Waals surface area contributed by atoms with Gasteiger partial charge >= 0.3 is 5.69 Å². The number of imide groups is 1. The molecule has 8 nitrogen and oxygen atoms in total. The van der Waals surface area contributed by atoms with E-state index in [1.54, 1.807) is 0 Å². The minimum Gasteiger partial charge on any atom is -0.313 e. The van der Waals surface area contributed by atoms with E-state index in [4.69, 9.17) is 0 Å². The second kappa shape index (κ2) is 4.87. The van der Waals surface area contributed by atoms with Crippen LogP contribution >= 0.6 is 0 Å². The molecule has 0 spiro atoms. The number of amides is 2. The number of likely N-dealkylation sites (tertiary alicyclic amines) is 1. The largest absolute Gasteiger partial charge is 0.329 e. The number of Topliss-reactive ketones (excluding diaryl/α,β-unsaturated/α-hetero) is 1. The third-order valence-corrected chi connectivity index (χ3v) is 3.32. The van der Waals surface area contributed by atoms with Gasteiger partial charge < -0.3 is 4.98 Å². The number of hydrogen-bond donors (Lipinski definition) is 1. The van der Waals surface area contributed by atoms with Gasteiger partial charge in [-0.3, -0.25) is 24.1 Å². The highest BCUT2D eigenvalue weighted by atomic mass is 16.2. The highest BCUT2D eigenvalue weighted by Crippen LogP contribution is 2.20. The van der Waals surface area contributed by atoms with Crippen LogP contribution < -0.4 is 11.2 Å². The van der Waals surface area contributed by atoms with Crippen LogP contribution in [0.25, 0.3) is 0 Å². The van der Waals surface area contributed by atoms with Crippen molar-refractivity contribution in [2.24, 2.45) is 0 Å². The lowest BCUT2D eigenvalue weighted by atomic mass is 10.0. The van der Waals surface area contributed by atoms with Crippen molar-refractivity contribution in [3.05, 3.63) is 32.6 Å². The molecule has 1 saturated heterocycles. The van der Waals surface area contributed by atoms with Crippen molar-refractivity contribution < 1.29 is 14.4 Å². The van der Waals surface area contributed by atoms with Crippen molar-refractivity contribution in [3.8, 4) is 0 Å². The number of hydrogen-bond acceptors (Lipinski definition) is 5. The Kier molecular flexibility index (Phi) is 3.39. The summed E-state index contributed by atoms with van der Waals surface area (Å²) in [6.07, 6.45) is 1.15. The first-order chi connectivity index (χ1) is 9.34. The average Bonchev–Trinajstić information content (AvgIpc) is 2.38. The molecule has 1 atom stereocenters. The lowest BCUT2D eigenvalue weighted by molar-refractivity contribution is -0.149. The van der Waals surface area contributed by atoms with Gasteiger partial charge in [-0.15, -0.1) is 0 Å². The highest BCUT2D eigenvalue weighted by Gasteiger charge is 2.35. The Morgan fingerprint density at radius 3 is 2.55 bits per heavy atom. The summed E-state index contributed by atoms with van der Waals surface area (Å²) in [6, 6.07) is -1.06. The molecule has 8 heteroatoms. The van der Waals surface area contributed by atoms with E-state index < -0.39 is 29.0 Å². The van der Waals surface area contributed by atoms with Crippen LogP contribution in [0.5, 0.6) is 0 Å². The van der Waals surface area contributed by atoms with Crippen LogP contribution in [-0.2, 0) is 9.59 Å². The molecule has 2 rings (SSSR count). The number of nitrogens with one attached hydrogen (secondary N) is 1. The lowest BCUT2D eigenvalue weighted by Gasteiger charge is -2.28. The summed E-state index contributed by atoms with van der Waals surface area (Å²) >= 11 is 0. The van der Waals surface area contributed by atoms with Crippen LogP contribution in [0.1, 0.15) is 36.2 Å². The molecule has 0 radical (unpaired) electrons. The molecule has 0 bridgehead atoms. The van der Waals surface area contributed by atoms with Gasteiger partial charge in [0.05, 0.1) is 5.56 Å². The van der Waals surface area contributed by atoms with E-state index >= 15 is 0 Å². The first-order valence-corrected chi connectivity index (χ1v) is 6.00. The molecule has 1 unspecified atom stereocenters. The Morgan fingerprint density at radius 1 is 1.30 bits per heavy atom. The van der Waals surface area contributed by atoms with Gasteiger partial charge in [-0.05, 0) is 13.3 Å². The summed E-state index contributed by atoms with van der Waals surface area (Å²) in [7, 11) is 1.30. The van der Waals surface area contributed by atoms with Crippen LogP contribution in [0.3, 0.4) is 0 Å². The lowest BCUT2D eigenvalue weighted by Crippen LogP contribution is -2.50. The molecule has 0 saturated carbocycles. The molecule has 1 N–H and O–H groups in total. The molecular formula is C12H13N3O5. The molecule has 1 aromatic heterocycles. The first kappa shape index (κ1) is 13.9. The van der Waals surface area contributed by atoms with E-state index in [1.165, 1.54) is 14.0 Å². The number of rotatable bonds is 2. The van der Waals surface area contributed by atoms with Crippen molar-refractivity contribution in [2.75, 3.05) is 7.05 Å². The number of H-pyrrole nitrogens is 1. The summed E-state index contributed by atoms with van der Waals surface area (Å²) in [5.41, 5.74) is -1.79. The summed E-state index contributed by atoms with van der Waals surface area (Å²) in [4.78, 5) is 61.8. The van der Waals surface area contributed by atoms with Gasteiger partial charge in [0, 0.05) is 19.7 Å². The average molecular weight is 279 g/mol. The maximum Gasteiger partial charge on any atom is 0.329 e. The normalized spacial score (nSPS) is 19.3. The zero-order valence-corrected chi connectivity index (χ0v) is 11.0. The monoisotopic (exact) mass is 279 g/mol. The van der Waals surface area contributed by atoms with E-state index in [0.29, 0.717) is 4.57 Å². The zero-order chi connectivity index (χ0) is 15.0. The molecule has 1 aromatic rings. The number of ketones is 1. The third kappa shape index (κ3) is 2.09. The minimum atomic E-state index is -1.06. The van der Waals surface area contributed by atoms with E-state index in [0.717, 1.165) is 11.1 Å². The van der Waals surface area contributed by atoms with Crippen molar-refractivity contribution in [2.45, 2.75) is 25.8 Å². The molecule has 0 aromatic carbocycles. The van der Waals surface area contributed by atoms with Gasteiger partial charge in [-0.1, -0.05) is 0 Å². The van der Waals surface area contributed by atoms with Gasteiger partial charge in [0.2, 0.25) is 5.91 Å². The maximum absolute atomic E-state index is 12.1. The predicted octanol–water partition coefficient (Wildman–Crippen LogP) is -0.941. The third-order valence-electron chi connectivity index (χ3n) is 3.32. The van der Waals surface area contributed by atoms with Crippen LogP contribution in [0.15, 0.2) is 15.8 Å². The quantitative estimate of drug-likeness (QED) is 0.555. The van der Waals surface area contributed by atoms with Crippen LogP contribution in [0, 0.1) is 0 Å². The van der Waals surface area contributed by atoms with Crippen LogP contribution in [0.2, 0.25) is 0 Å².